The van der Waals surface area contributed by atoms with Crippen molar-refractivity contribution in [1.29, 1.82) is 0 Å². The Morgan fingerprint density at radius 1 is 1.24 bits per heavy atom. The van der Waals surface area contributed by atoms with Crippen LogP contribution in [0.4, 0.5) is 0 Å². The van der Waals surface area contributed by atoms with Gasteiger partial charge in [-0.05, 0) is 31.9 Å². The smallest absolute Gasteiger partial charge is 0.359 e. The van der Waals surface area contributed by atoms with E-state index in [1.165, 1.54) is 11.3 Å². The minimum Gasteiger partial charge on any atom is -0.461 e. The number of carbonyl (C=O) groups is 1. The van der Waals surface area contributed by atoms with Gasteiger partial charge in [0.1, 0.15) is 0 Å². The molecule has 1 aromatic carbocycles. The first-order valence-corrected chi connectivity index (χ1v) is 9.24. The lowest BCUT2D eigenvalue weighted by atomic mass is 10.0. The number of fused-ring (bicyclic) bond motifs is 1. The predicted molar refractivity (Wildman–Crippen MR) is 97.6 cm³/mol. The summed E-state index contributed by atoms with van der Waals surface area (Å²) in [5.41, 5.74) is 4.12. The standard InChI is InChI=1S/C20H27N3O2/c1-3-22-14-12-18-17(15-22)19(20(24)25-4-2)21-23(18)13-8-11-16-9-6-5-7-10-16/h5-7,9-10H,3-4,8,11-15H2,1-2H3. The van der Waals surface area contributed by atoms with Crippen LogP contribution < -0.4 is 0 Å². The number of aromatic nitrogens is 2. The summed E-state index contributed by atoms with van der Waals surface area (Å²) in [5, 5.41) is 4.63. The fourth-order valence-electron chi connectivity index (χ4n) is 3.44. The third-order valence-corrected chi connectivity index (χ3v) is 4.81. The predicted octanol–water partition coefficient (Wildman–Crippen LogP) is 3.07. The van der Waals surface area contributed by atoms with Crippen LogP contribution in [0.2, 0.25) is 0 Å². The lowest BCUT2D eigenvalue weighted by Gasteiger charge is -2.26. The van der Waals surface area contributed by atoms with Crippen LogP contribution in [0.15, 0.2) is 30.3 Å². The molecule has 0 N–H and O–H groups in total. The normalized spacial score (nSPS) is 14.3. The molecule has 1 aliphatic heterocycles. The van der Waals surface area contributed by atoms with Crippen LogP contribution in [0, 0.1) is 0 Å². The van der Waals surface area contributed by atoms with E-state index in [4.69, 9.17) is 4.74 Å². The van der Waals surface area contributed by atoms with E-state index < -0.39 is 0 Å². The van der Waals surface area contributed by atoms with Gasteiger partial charge in [0.25, 0.3) is 0 Å². The van der Waals surface area contributed by atoms with Gasteiger partial charge in [0.15, 0.2) is 5.69 Å². The molecule has 0 atom stereocenters. The first-order chi connectivity index (χ1) is 12.2. The van der Waals surface area contributed by atoms with Crippen LogP contribution in [-0.2, 0) is 30.7 Å². The summed E-state index contributed by atoms with van der Waals surface area (Å²) in [6.07, 6.45) is 2.98. The average Bonchev–Trinajstić information content (AvgIpc) is 3.01. The molecule has 0 saturated carbocycles. The maximum absolute atomic E-state index is 12.3. The summed E-state index contributed by atoms with van der Waals surface area (Å²) >= 11 is 0. The summed E-state index contributed by atoms with van der Waals surface area (Å²) in [6.45, 7) is 8.00. The highest BCUT2D eigenvalue weighted by molar-refractivity contribution is 5.89. The quantitative estimate of drug-likeness (QED) is 0.726. The van der Waals surface area contributed by atoms with Gasteiger partial charge in [-0.1, -0.05) is 37.3 Å². The van der Waals surface area contributed by atoms with Crippen molar-refractivity contribution < 1.29 is 9.53 Å². The number of esters is 1. The third kappa shape index (κ3) is 4.10. The van der Waals surface area contributed by atoms with Crippen molar-refractivity contribution >= 4 is 5.97 Å². The molecule has 0 aliphatic carbocycles. The first-order valence-electron chi connectivity index (χ1n) is 9.24. The monoisotopic (exact) mass is 341 g/mol. The van der Waals surface area contributed by atoms with Crippen LogP contribution in [0.1, 0.15) is 47.6 Å². The number of nitrogens with zero attached hydrogens (tertiary/aromatic N) is 3. The number of hydrogen-bond donors (Lipinski definition) is 0. The highest BCUT2D eigenvalue weighted by atomic mass is 16.5. The molecule has 0 bridgehead atoms. The Hall–Kier alpha value is -2.14. The number of ether oxygens (including phenoxy) is 1. The molecule has 0 amide bonds. The van der Waals surface area contributed by atoms with Crippen molar-refractivity contribution in [2.45, 2.75) is 46.2 Å². The fourth-order valence-corrected chi connectivity index (χ4v) is 3.44. The summed E-state index contributed by atoms with van der Waals surface area (Å²) in [6, 6.07) is 10.5. The molecule has 0 radical (unpaired) electrons. The van der Waals surface area contributed by atoms with E-state index in [0.717, 1.165) is 51.0 Å². The molecular formula is C20H27N3O2. The van der Waals surface area contributed by atoms with Crippen molar-refractivity contribution in [2.75, 3.05) is 19.7 Å². The highest BCUT2D eigenvalue weighted by Gasteiger charge is 2.28. The van der Waals surface area contributed by atoms with E-state index in [0.29, 0.717) is 12.3 Å². The Bertz CT molecular complexity index is 709. The topological polar surface area (TPSA) is 47.4 Å². The van der Waals surface area contributed by atoms with Gasteiger partial charge in [-0.3, -0.25) is 9.58 Å². The molecule has 0 unspecified atom stereocenters. The van der Waals surface area contributed by atoms with E-state index >= 15 is 0 Å². The minimum atomic E-state index is -0.293. The molecule has 134 valence electrons. The second-order valence-electron chi connectivity index (χ2n) is 6.43. The molecule has 0 spiro atoms. The van der Waals surface area contributed by atoms with Gasteiger partial charge >= 0.3 is 5.97 Å². The summed E-state index contributed by atoms with van der Waals surface area (Å²) in [5.74, 6) is -0.293. The lowest BCUT2D eigenvalue weighted by molar-refractivity contribution is 0.0515. The molecule has 5 nitrogen and oxygen atoms in total. The highest BCUT2D eigenvalue weighted by Crippen LogP contribution is 2.24. The molecule has 1 aromatic heterocycles. The Kier molecular flexibility index (Phi) is 5.87. The second kappa shape index (κ2) is 8.30. The zero-order valence-electron chi connectivity index (χ0n) is 15.2. The summed E-state index contributed by atoms with van der Waals surface area (Å²) in [7, 11) is 0. The fraction of sp³-hybridized carbons (Fsp3) is 0.500. The van der Waals surface area contributed by atoms with Crippen LogP contribution in [0.5, 0.6) is 0 Å². The molecule has 1 aliphatic rings. The van der Waals surface area contributed by atoms with Crippen molar-refractivity contribution in [2.24, 2.45) is 0 Å². The number of benzene rings is 1. The van der Waals surface area contributed by atoms with Gasteiger partial charge in [0, 0.05) is 37.3 Å². The minimum absolute atomic E-state index is 0.293. The zero-order chi connectivity index (χ0) is 17.6. The van der Waals surface area contributed by atoms with Gasteiger partial charge in [0.2, 0.25) is 0 Å². The maximum atomic E-state index is 12.3. The molecule has 2 heterocycles. The van der Waals surface area contributed by atoms with Crippen LogP contribution in [0.25, 0.3) is 0 Å². The van der Waals surface area contributed by atoms with Crippen LogP contribution in [0.3, 0.4) is 0 Å². The van der Waals surface area contributed by atoms with Crippen molar-refractivity contribution in [1.82, 2.24) is 14.7 Å². The molecule has 0 fully saturated rings. The van der Waals surface area contributed by atoms with E-state index in [-0.39, 0.29) is 5.97 Å². The van der Waals surface area contributed by atoms with Gasteiger partial charge < -0.3 is 4.74 Å². The van der Waals surface area contributed by atoms with Gasteiger partial charge in [-0.25, -0.2) is 4.79 Å². The third-order valence-electron chi connectivity index (χ3n) is 4.81. The largest absolute Gasteiger partial charge is 0.461 e. The number of carbonyl (C=O) groups excluding carboxylic acids is 1. The molecule has 5 heteroatoms. The molecule has 2 aromatic rings. The van der Waals surface area contributed by atoms with Gasteiger partial charge in [0.05, 0.1) is 6.61 Å². The number of likely N-dealkylation sites (N-methyl/N-ethyl adjacent to an activating group) is 1. The molecular weight excluding hydrogens is 314 g/mol. The van der Waals surface area contributed by atoms with Crippen molar-refractivity contribution in [3.05, 3.63) is 52.8 Å². The van der Waals surface area contributed by atoms with Gasteiger partial charge in [-0.15, -0.1) is 0 Å². The zero-order valence-corrected chi connectivity index (χ0v) is 15.2. The Morgan fingerprint density at radius 3 is 2.76 bits per heavy atom. The Balaban J connectivity index is 1.76. The molecule has 25 heavy (non-hydrogen) atoms. The van der Waals surface area contributed by atoms with E-state index in [1.54, 1.807) is 0 Å². The lowest BCUT2D eigenvalue weighted by Crippen LogP contribution is -2.31. The van der Waals surface area contributed by atoms with E-state index in [9.17, 15) is 4.79 Å². The Morgan fingerprint density at radius 2 is 2.04 bits per heavy atom. The van der Waals surface area contributed by atoms with E-state index in [1.807, 2.05) is 17.7 Å². The van der Waals surface area contributed by atoms with Crippen molar-refractivity contribution in [3.8, 4) is 0 Å². The number of aryl methyl sites for hydroxylation is 2. The SMILES string of the molecule is CCOC(=O)c1nn(CCCc2ccccc2)c2c1CN(CC)CC2. The summed E-state index contributed by atoms with van der Waals surface area (Å²) < 4.78 is 7.26. The molecule has 0 saturated heterocycles. The van der Waals surface area contributed by atoms with Crippen LogP contribution >= 0.6 is 0 Å². The Labute approximate surface area is 149 Å². The first kappa shape index (κ1) is 17.7. The van der Waals surface area contributed by atoms with Crippen molar-refractivity contribution in [3.63, 3.8) is 0 Å². The number of hydrogen-bond acceptors (Lipinski definition) is 4. The second-order valence-corrected chi connectivity index (χ2v) is 6.43. The average molecular weight is 341 g/mol. The summed E-state index contributed by atoms with van der Waals surface area (Å²) in [4.78, 5) is 14.7. The molecule has 3 rings (SSSR count). The maximum Gasteiger partial charge on any atom is 0.359 e. The van der Waals surface area contributed by atoms with Crippen LogP contribution in [-0.4, -0.2) is 40.3 Å². The van der Waals surface area contributed by atoms with E-state index in [2.05, 4.69) is 41.2 Å². The number of rotatable bonds is 7. The van der Waals surface area contributed by atoms with Gasteiger partial charge in [-0.2, -0.15) is 5.10 Å².